The van der Waals surface area contributed by atoms with Crippen molar-refractivity contribution in [1.29, 1.82) is 0 Å². The van der Waals surface area contributed by atoms with E-state index in [1.807, 2.05) is 0 Å². The Morgan fingerprint density at radius 3 is 2.52 bits per heavy atom. The smallest absolute Gasteiger partial charge is 0.252 e. The van der Waals surface area contributed by atoms with Crippen LogP contribution in [0.5, 0.6) is 0 Å². The first-order chi connectivity index (χ1) is 15.8. The predicted molar refractivity (Wildman–Crippen MR) is 118 cm³/mol. The van der Waals surface area contributed by atoms with Crippen molar-refractivity contribution >= 4 is 15.9 Å². The molecule has 0 radical (unpaired) electrons. The zero-order valence-electron chi connectivity index (χ0n) is 18.0. The SMILES string of the molecule is Cn1ccnc1C(NC(=O)c1ccc(F)c(S(=O)(=O)N2CCCCC2)c1)c1cccc(F)c1. The van der Waals surface area contributed by atoms with Crippen molar-refractivity contribution in [3.05, 3.63) is 83.4 Å². The number of aromatic nitrogens is 2. The molecular weight excluding hydrogens is 450 g/mol. The summed E-state index contributed by atoms with van der Waals surface area (Å²) in [6.07, 6.45) is 5.58. The third kappa shape index (κ3) is 4.81. The van der Waals surface area contributed by atoms with Crippen LogP contribution in [0.3, 0.4) is 0 Å². The molecule has 33 heavy (non-hydrogen) atoms. The van der Waals surface area contributed by atoms with Crippen molar-refractivity contribution in [2.45, 2.75) is 30.2 Å². The lowest BCUT2D eigenvalue weighted by atomic mass is 10.0. The average Bonchev–Trinajstić information content (AvgIpc) is 3.23. The van der Waals surface area contributed by atoms with Crippen LogP contribution < -0.4 is 5.32 Å². The van der Waals surface area contributed by atoms with Crippen LogP contribution in [-0.4, -0.2) is 41.3 Å². The molecule has 1 N–H and O–H groups in total. The van der Waals surface area contributed by atoms with Crippen LogP contribution in [0, 0.1) is 11.6 Å². The van der Waals surface area contributed by atoms with Gasteiger partial charge in [-0.1, -0.05) is 18.6 Å². The fourth-order valence-electron chi connectivity index (χ4n) is 3.94. The minimum absolute atomic E-state index is 0.0254. The van der Waals surface area contributed by atoms with Crippen molar-refractivity contribution in [3.63, 3.8) is 0 Å². The molecule has 0 aliphatic carbocycles. The van der Waals surface area contributed by atoms with E-state index in [1.54, 1.807) is 30.1 Å². The molecule has 1 unspecified atom stereocenters. The van der Waals surface area contributed by atoms with E-state index in [1.165, 1.54) is 28.6 Å². The van der Waals surface area contributed by atoms with Crippen molar-refractivity contribution in [1.82, 2.24) is 19.2 Å². The Morgan fingerprint density at radius 1 is 1.09 bits per heavy atom. The van der Waals surface area contributed by atoms with Crippen LogP contribution in [0.15, 0.2) is 59.8 Å². The zero-order valence-corrected chi connectivity index (χ0v) is 18.9. The van der Waals surface area contributed by atoms with E-state index in [4.69, 9.17) is 0 Å². The summed E-state index contributed by atoms with van der Waals surface area (Å²) in [5.41, 5.74) is 0.434. The molecule has 0 spiro atoms. The molecule has 1 saturated heterocycles. The normalized spacial score (nSPS) is 15.8. The number of sulfonamides is 1. The molecule has 2 heterocycles. The van der Waals surface area contributed by atoms with E-state index >= 15 is 0 Å². The number of halogens is 2. The van der Waals surface area contributed by atoms with Crippen LogP contribution in [0.1, 0.15) is 47.1 Å². The first-order valence-electron chi connectivity index (χ1n) is 10.6. The van der Waals surface area contributed by atoms with Gasteiger partial charge >= 0.3 is 0 Å². The van der Waals surface area contributed by atoms with Gasteiger partial charge in [-0.25, -0.2) is 22.2 Å². The maximum atomic E-state index is 14.5. The highest BCUT2D eigenvalue weighted by Gasteiger charge is 2.30. The highest BCUT2D eigenvalue weighted by molar-refractivity contribution is 7.89. The molecule has 1 atom stereocenters. The minimum atomic E-state index is -4.07. The molecule has 1 amide bonds. The highest BCUT2D eigenvalue weighted by atomic mass is 32.2. The van der Waals surface area contributed by atoms with Crippen molar-refractivity contribution < 1.29 is 22.0 Å². The van der Waals surface area contributed by atoms with Crippen LogP contribution in [0.25, 0.3) is 0 Å². The second-order valence-electron chi connectivity index (χ2n) is 7.97. The maximum absolute atomic E-state index is 14.5. The van der Waals surface area contributed by atoms with Gasteiger partial charge in [-0.3, -0.25) is 4.79 Å². The largest absolute Gasteiger partial charge is 0.338 e. The fraction of sp³-hybridized carbons (Fsp3) is 0.304. The quantitative estimate of drug-likeness (QED) is 0.594. The molecule has 1 fully saturated rings. The van der Waals surface area contributed by atoms with Gasteiger partial charge in [0.05, 0.1) is 0 Å². The van der Waals surface area contributed by atoms with Gasteiger partial charge in [-0.2, -0.15) is 4.31 Å². The number of carbonyl (C=O) groups excluding carboxylic acids is 1. The molecule has 1 aliphatic rings. The monoisotopic (exact) mass is 474 g/mol. The molecule has 7 nitrogen and oxygen atoms in total. The molecule has 10 heteroatoms. The second-order valence-corrected chi connectivity index (χ2v) is 9.87. The van der Waals surface area contributed by atoms with E-state index < -0.39 is 38.5 Å². The van der Waals surface area contributed by atoms with Gasteiger partial charge in [0.25, 0.3) is 5.91 Å². The van der Waals surface area contributed by atoms with Gasteiger partial charge in [0.2, 0.25) is 10.0 Å². The van der Waals surface area contributed by atoms with Gasteiger partial charge in [0, 0.05) is 38.1 Å². The Hall–Kier alpha value is -3.11. The molecule has 0 saturated carbocycles. The summed E-state index contributed by atoms with van der Waals surface area (Å²) in [6, 6.07) is 8.20. The van der Waals surface area contributed by atoms with E-state index in [0.717, 1.165) is 18.6 Å². The summed E-state index contributed by atoms with van der Waals surface area (Å²) in [4.78, 5) is 16.8. The number of carbonyl (C=O) groups is 1. The van der Waals surface area contributed by atoms with Crippen LogP contribution in [-0.2, 0) is 17.1 Å². The Morgan fingerprint density at radius 2 is 1.85 bits per heavy atom. The third-order valence-corrected chi connectivity index (χ3v) is 7.61. The summed E-state index contributed by atoms with van der Waals surface area (Å²) < 4.78 is 57.3. The lowest BCUT2D eigenvalue weighted by Crippen LogP contribution is -2.36. The molecule has 174 valence electrons. The summed E-state index contributed by atoms with van der Waals surface area (Å²) >= 11 is 0. The third-order valence-electron chi connectivity index (χ3n) is 5.70. The molecule has 4 rings (SSSR count). The van der Waals surface area contributed by atoms with Gasteiger partial charge in [0.15, 0.2) is 0 Å². The lowest BCUT2D eigenvalue weighted by Gasteiger charge is -2.26. The van der Waals surface area contributed by atoms with E-state index in [2.05, 4.69) is 10.3 Å². The molecule has 3 aromatic rings. The predicted octanol–water partition coefficient (Wildman–Crippen LogP) is 3.39. The molecule has 2 aromatic carbocycles. The Bertz CT molecular complexity index is 1270. The lowest BCUT2D eigenvalue weighted by molar-refractivity contribution is 0.0940. The number of nitrogens with zero attached hydrogens (tertiary/aromatic N) is 3. The van der Waals surface area contributed by atoms with Crippen molar-refractivity contribution in [2.75, 3.05) is 13.1 Å². The number of imidazole rings is 1. The topological polar surface area (TPSA) is 84.3 Å². The highest BCUT2D eigenvalue weighted by Crippen LogP contribution is 2.26. The molecular formula is C23H24F2N4O3S. The fourth-order valence-corrected chi connectivity index (χ4v) is 5.55. The summed E-state index contributed by atoms with van der Waals surface area (Å²) in [7, 11) is -2.33. The summed E-state index contributed by atoms with van der Waals surface area (Å²) in [5, 5.41) is 2.78. The first-order valence-corrected chi connectivity index (χ1v) is 12.0. The Labute approximate surface area is 191 Å². The van der Waals surface area contributed by atoms with Gasteiger partial charge in [0.1, 0.15) is 28.4 Å². The number of aryl methyl sites for hydroxylation is 1. The van der Waals surface area contributed by atoms with E-state index in [-0.39, 0.29) is 5.56 Å². The number of hydrogen-bond acceptors (Lipinski definition) is 4. The van der Waals surface area contributed by atoms with E-state index in [0.29, 0.717) is 37.3 Å². The van der Waals surface area contributed by atoms with Gasteiger partial charge in [-0.15, -0.1) is 0 Å². The summed E-state index contributed by atoms with van der Waals surface area (Å²) in [6.45, 7) is 0.637. The summed E-state index contributed by atoms with van der Waals surface area (Å²) in [5.74, 6) is -1.57. The first kappa shape index (κ1) is 23.1. The maximum Gasteiger partial charge on any atom is 0.252 e. The zero-order chi connectivity index (χ0) is 23.6. The molecule has 1 aliphatic heterocycles. The van der Waals surface area contributed by atoms with Crippen LogP contribution >= 0.6 is 0 Å². The van der Waals surface area contributed by atoms with E-state index in [9.17, 15) is 22.0 Å². The number of rotatable bonds is 6. The number of benzene rings is 2. The Balaban J connectivity index is 1.67. The number of amides is 1. The second kappa shape index (κ2) is 9.40. The van der Waals surface area contributed by atoms with Crippen molar-refractivity contribution in [3.8, 4) is 0 Å². The van der Waals surface area contributed by atoms with Crippen molar-refractivity contribution in [2.24, 2.45) is 7.05 Å². The standard InChI is InChI=1S/C23H24F2N4O3S/c1-28-13-10-26-22(28)21(16-6-5-7-18(24)14-16)27-23(30)17-8-9-19(25)20(15-17)33(31,32)29-11-3-2-4-12-29/h5-10,13-15,21H,2-4,11-12H2,1H3,(H,27,30). The molecule has 1 aromatic heterocycles. The van der Waals surface area contributed by atoms with Crippen LogP contribution in [0.2, 0.25) is 0 Å². The van der Waals surface area contributed by atoms with Crippen LogP contribution in [0.4, 0.5) is 8.78 Å². The van der Waals surface area contributed by atoms with Gasteiger partial charge in [-0.05, 0) is 48.7 Å². The minimum Gasteiger partial charge on any atom is -0.338 e. The molecule has 0 bridgehead atoms. The number of piperidine rings is 1. The Kier molecular flexibility index (Phi) is 6.57. The number of nitrogens with one attached hydrogen (secondary N) is 1. The number of hydrogen-bond donors (Lipinski definition) is 1. The van der Waals surface area contributed by atoms with Gasteiger partial charge < -0.3 is 9.88 Å². The average molecular weight is 475 g/mol.